The molecule has 2 aromatic rings. The molecule has 2 rings (SSSR count). The van der Waals surface area contributed by atoms with Gasteiger partial charge in [-0.3, -0.25) is 0 Å². The third-order valence-electron chi connectivity index (χ3n) is 2.33. The first kappa shape index (κ1) is 11.0. The second-order valence-corrected chi connectivity index (χ2v) is 4.28. The maximum Gasteiger partial charge on any atom is 0.131 e. The Kier molecular flexibility index (Phi) is 3.15. The van der Waals surface area contributed by atoms with Gasteiger partial charge in [0.05, 0.1) is 0 Å². The van der Waals surface area contributed by atoms with Gasteiger partial charge in [-0.1, -0.05) is 12.1 Å². The summed E-state index contributed by atoms with van der Waals surface area (Å²) in [6.07, 6.45) is 1.97. The first-order chi connectivity index (χ1) is 7.70. The van der Waals surface area contributed by atoms with E-state index in [1.807, 2.05) is 30.5 Å². The molecule has 0 aliphatic rings. The van der Waals surface area contributed by atoms with E-state index in [1.165, 1.54) is 18.2 Å². The maximum atomic E-state index is 13.6. The van der Waals surface area contributed by atoms with Gasteiger partial charge >= 0.3 is 0 Å². The lowest BCUT2D eigenvalue weighted by Crippen LogP contribution is -1.84. The van der Waals surface area contributed by atoms with Crippen molar-refractivity contribution in [3.63, 3.8) is 0 Å². The SMILES string of the molecule is CSc1cccc(-c2cc(O)ccc2F)c1. The Morgan fingerprint density at radius 3 is 2.69 bits per heavy atom. The molecule has 3 heteroatoms. The summed E-state index contributed by atoms with van der Waals surface area (Å²) in [6, 6.07) is 11.6. The first-order valence-electron chi connectivity index (χ1n) is 4.83. The summed E-state index contributed by atoms with van der Waals surface area (Å²) < 4.78 is 13.6. The molecular formula is C13H11FOS. The molecule has 0 unspecified atom stereocenters. The molecule has 16 heavy (non-hydrogen) atoms. The second-order valence-electron chi connectivity index (χ2n) is 3.40. The monoisotopic (exact) mass is 234 g/mol. The zero-order valence-electron chi connectivity index (χ0n) is 8.77. The zero-order valence-corrected chi connectivity index (χ0v) is 9.59. The molecule has 0 saturated heterocycles. The van der Waals surface area contributed by atoms with Gasteiger partial charge in [-0.2, -0.15) is 0 Å². The number of thioether (sulfide) groups is 1. The van der Waals surface area contributed by atoms with Crippen molar-refractivity contribution in [2.75, 3.05) is 6.26 Å². The van der Waals surface area contributed by atoms with Crippen LogP contribution in [0.3, 0.4) is 0 Å². The summed E-state index contributed by atoms with van der Waals surface area (Å²) in [7, 11) is 0. The molecule has 1 N–H and O–H groups in total. The highest BCUT2D eigenvalue weighted by Gasteiger charge is 2.06. The molecule has 0 radical (unpaired) electrons. The maximum absolute atomic E-state index is 13.6. The van der Waals surface area contributed by atoms with Gasteiger partial charge in [0.1, 0.15) is 11.6 Å². The number of halogens is 1. The Bertz CT molecular complexity index is 511. The van der Waals surface area contributed by atoms with Crippen molar-refractivity contribution in [2.24, 2.45) is 0 Å². The summed E-state index contributed by atoms with van der Waals surface area (Å²) in [5.41, 5.74) is 1.20. The minimum absolute atomic E-state index is 0.0750. The van der Waals surface area contributed by atoms with Crippen molar-refractivity contribution in [3.05, 3.63) is 48.3 Å². The molecule has 0 saturated carbocycles. The van der Waals surface area contributed by atoms with Crippen LogP contribution >= 0.6 is 11.8 Å². The highest BCUT2D eigenvalue weighted by molar-refractivity contribution is 7.98. The van der Waals surface area contributed by atoms with Gasteiger partial charge in [0.25, 0.3) is 0 Å². The third-order valence-corrected chi connectivity index (χ3v) is 3.06. The number of phenolic OH excluding ortho intramolecular Hbond substituents is 1. The minimum atomic E-state index is -0.323. The number of rotatable bonds is 2. The summed E-state index contributed by atoms with van der Waals surface area (Å²) in [5.74, 6) is -0.248. The molecule has 0 spiro atoms. The van der Waals surface area contributed by atoms with Crippen LogP contribution in [0.2, 0.25) is 0 Å². The molecule has 0 amide bonds. The number of hydrogen-bond acceptors (Lipinski definition) is 2. The van der Waals surface area contributed by atoms with Crippen molar-refractivity contribution in [1.82, 2.24) is 0 Å². The topological polar surface area (TPSA) is 20.2 Å². The van der Waals surface area contributed by atoms with Gasteiger partial charge < -0.3 is 5.11 Å². The quantitative estimate of drug-likeness (QED) is 0.795. The number of phenols is 1. The van der Waals surface area contributed by atoms with Crippen LogP contribution in [0.4, 0.5) is 4.39 Å². The Morgan fingerprint density at radius 1 is 1.12 bits per heavy atom. The minimum Gasteiger partial charge on any atom is -0.508 e. The number of hydrogen-bond donors (Lipinski definition) is 1. The van der Waals surface area contributed by atoms with Gasteiger partial charge in [0.15, 0.2) is 0 Å². The van der Waals surface area contributed by atoms with Crippen molar-refractivity contribution >= 4 is 11.8 Å². The lowest BCUT2D eigenvalue weighted by molar-refractivity contribution is 0.473. The second kappa shape index (κ2) is 4.58. The average molecular weight is 234 g/mol. The Hall–Kier alpha value is -1.48. The molecular weight excluding hydrogens is 223 g/mol. The van der Waals surface area contributed by atoms with Crippen LogP contribution in [-0.2, 0) is 0 Å². The van der Waals surface area contributed by atoms with Crippen molar-refractivity contribution in [1.29, 1.82) is 0 Å². The third kappa shape index (κ3) is 2.19. The number of aromatic hydroxyl groups is 1. The summed E-state index contributed by atoms with van der Waals surface area (Å²) in [5, 5.41) is 9.35. The first-order valence-corrected chi connectivity index (χ1v) is 6.06. The van der Waals surface area contributed by atoms with Crippen molar-refractivity contribution in [2.45, 2.75) is 4.90 Å². The van der Waals surface area contributed by atoms with Gasteiger partial charge in [-0.25, -0.2) is 4.39 Å². The Labute approximate surface area is 97.9 Å². The molecule has 0 heterocycles. The van der Waals surface area contributed by atoms with Gasteiger partial charge in [0.2, 0.25) is 0 Å². The van der Waals surface area contributed by atoms with Crippen LogP contribution in [0.5, 0.6) is 5.75 Å². The molecule has 0 aliphatic carbocycles. The van der Waals surface area contributed by atoms with Crippen LogP contribution in [0.1, 0.15) is 0 Å². The largest absolute Gasteiger partial charge is 0.508 e. The molecule has 82 valence electrons. The van der Waals surface area contributed by atoms with E-state index in [1.54, 1.807) is 11.8 Å². The average Bonchev–Trinajstić information content (AvgIpc) is 2.32. The van der Waals surface area contributed by atoms with Crippen LogP contribution in [0, 0.1) is 5.82 Å². The van der Waals surface area contributed by atoms with Crippen LogP contribution in [0.15, 0.2) is 47.4 Å². The van der Waals surface area contributed by atoms with Crippen LogP contribution < -0.4 is 0 Å². The molecule has 1 nitrogen and oxygen atoms in total. The smallest absolute Gasteiger partial charge is 0.131 e. The zero-order chi connectivity index (χ0) is 11.5. The summed E-state index contributed by atoms with van der Waals surface area (Å²) in [4.78, 5) is 1.07. The predicted octanol–water partition coefficient (Wildman–Crippen LogP) is 3.92. The highest BCUT2D eigenvalue weighted by Crippen LogP contribution is 2.29. The van der Waals surface area contributed by atoms with E-state index >= 15 is 0 Å². The Balaban J connectivity index is 2.53. The highest BCUT2D eigenvalue weighted by atomic mass is 32.2. The molecule has 0 fully saturated rings. The van der Waals surface area contributed by atoms with Gasteiger partial charge in [-0.05, 0) is 42.2 Å². The predicted molar refractivity (Wildman–Crippen MR) is 65.3 cm³/mol. The summed E-state index contributed by atoms with van der Waals surface area (Å²) in [6.45, 7) is 0. The van der Waals surface area contributed by atoms with E-state index in [0.29, 0.717) is 5.56 Å². The van der Waals surface area contributed by atoms with E-state index in [2.05, 4.69) is 0 Å². The molecule has 0 bridgehead atoms. The lowest BCUT2D eigenvalue weighted by Gasteiger charge is -2.05. The van der Waals surface area contributed by atoms with E-state index in [9.17, 15) is 9.50 Å². The lowest BCUT2D eigenvalue weighted by atomic mass is 10.1. The molecule has 2 aromatic carbocycles. The number of benzene rings is 2. The van der Waals surface area contributed by atoms with Crippen LogP contribution in [-0.4, -0.2) is 11.4 Å². The fourth-order valence-electron chi connectivity index (χ4n) is 1.53. The Morgan fingerprint density at radius 2 is 1.94 bits per heavy atom. The van der Waals surface area contributed by atoms with E-state index in [4.69, 9.17) is 0 Å². The van der Waals surface area contributed by atoms with Gasteiger partial charge in [0, 0.05) is 10.5 Å². The van der Waals surface area contributed by atoms with Crippen LogP contribution in [0.25, 0.3) is 11.1 Å². The standard InChI is InChI=1S/C13H11FOS/c1-16-11-4-2-3-9(7-11)12-8-10(15)5-6-13(12)14/h2-8,15H,1H3. The molecule has 0 aliphatic heterocycles. The molecule has 0 atom stereocenters. The fraction of sp³-hybridized carbons (Fsp3) is 0.0769. The summed E-state index contributed by atoms with van der Waals surface area (Å²) >= 11 is 1.60. The van der Waals surface area contributed by atoms with Gasteiger partial charge in [-0.15, -0.1) is 11.8 Å². The van der Waals surface area contributed by atoms with E-state index in [0.717, 1.165) is 10.5 Å². The van der Waals surface area contributed by atoms with Crippen molar-refractivity contribution < 1.29 is 9.50 Å². The molecule has 0 aromatic heterocycles. The van der Waals surface area contributed by atoms with Crippen molar-refractivity contribution in [3.8, 4) is 16.9 Å². The van der Waals surface area contributed by atoms with E-state index < -0.39 is 0 Å². The van der Waals surface area contributed by atoms with E-state index in [-0.39, 0.29) is 11.6 Å². The fourth-order valence-corrected chi connectivity index (χ4v) is 1.98. The normalized spacial score (nSPS) is 10.4.